The number of hydrogen-bond acceptors (Lipinski definition) is 3. The lowest BCUT2D eigenvalue weighted by Gasteiger charge is -2.34. The van der Waals surface area contributed by atoms with Crippen LogP contribution in [-0.2, 0) is 9.59 Å². The molecule has 1 aliphatic rings. The summed E-state index contributed by atoms with van der Waals surface area (Å²) in [5, 5.41) is 8.74. The third-order valence-corrected chi connectivity index (χ3v) is 2.77. The number of carbonyl (C=O) groups is 2. The van der Waals surface area contributed by atoms with Crippen molar-refractivity contribution < 1.29 is 14.7 Å². The van der Waals surface area contributed by atoms with Crippen molar-refractivity contribution in [2.75, 3.05) is 6.54 Å². The van der Waals surface area contributed by atoms with Crippen LogP contribution < -0.4 is 0 Å². The van der Waals surface area contributed by atoms with Gasteiger partial charge in [0.25, 0.3) is 0 Å². The molecule has 14 heavy (non-hydrogen) atoms. The van der Waals surface area contributed by atoms with E-state index in [0.717, 1.165) is 0 Å². The molecule has 0 aromatic rings. The molecule has 0 radical (unpaired) electrons. The molecule has 5 heteroatoms. The van der Waals surface area contributed by atoms with E-state index >= 15 is 0 Å². The second-order valence-corrected chi connectivity index (χ2v) is 4.98. The van der Waals surface area contributed by atoms with E-state index in [4.69, 9.17) is 5.11 Å². The minimum absolute atomic E-state index is 0.00347. The molecule has 4 nitrogen and oxygen atoms in total. The fourth-order valence-electron chi connectivity index (χ4n) is 1.74. The summed E-state index contributed by atoms with van der Waals surface area (Å²) in [5.41, 5.74) is -0.611. The van der Waals surface area contributed by atoms with Crippen LogP contribution in [0.25, 0.3) is 0 Å². The summed E-state index contributed by atoms with van der Waals surface area (Å²) < 4.78 is 0. The summed E-state index contributed by atoms with van der Waals surface area (Å²) in [6.45, 7) is 4.08. The first-order valence-electron chi connectivity index (χ1n) is 4.53. The smallest absolute Gasteiger partial charge is 0.305 e. The van der Waals surface area contributed by atoms with Crippen LogP contribution in [-0.4, -0.2) is 39.2 Å². The molecule has 1 unspecified atom stereocenters. The fourth-order valence-corrected chi connectivity index (χ4v) is 2.06. The number of thiol groups is 1. The Bertz CT molecular complexity index is 265. The number of rotatable bonds is 3. The highest BCUT2D eigenvalue weighted by Gasteiger charge is 2.38. The van der Waals surface area contributed by atoms with Crippen molar-refractivity contribution >= 4 is 24.5 Å². The fraction of sp³-hybridized carbons (Fsp3) is 0.778. The van der Waals surface area contributed by atoms with Crippen LogP contribution in [0.4, 0.5) is 0 Å². The van der Waals surface area contributed by atoms with E-state index in [2.05, 4.69) is 12.6 Å². The van der Waals surface area contributed by atoms with Gasteiger partial charge in [-0.25, -0.2) is 0 Å². The molecule has 0 saturated carbocycles. The van der Waals surface area contributed by atoms with E-state index in [1.165, 1.54) is 0 Å². The first kappa shape index (κ1) is 11.4. The molecule has 1 aliphatic heterocycles. The number of nitrogens with zero attached hydrogens (tertiary/aromatic N) is 1. The zero-order valence-corrected chi connectivity index (χ0v) is 9.25. The van der Waals surface area contributed by atoms with Gasteiger partial charge in [0.05, 0.1) is 6.42 Å². The molecule has 1 atom stereocenters. The van der Waals surface area contributed by atoms with Gasteiger partial charge in [0.1, 0.15) is 0 Å². The highest BCUT2D eigenvalue weighted by molar-refractivity contribution is 7.81. The summed E-state index contributed by atoms with van der Waals surface area (Å²) in [6, 6.07) is 0. The monoisotopic (exact) mass is 217 g/mol. The minimum atomic E-state index is -0.884. The molecule has 1 fully saturated rings. The topological polar surface area (TPSA) is 57.6 Å². The lowest BCUT2D eigenvalue weighted by atomic mass is 9.99. The summed E-state index contributed by atoms with van der Waals surface area (Å²) in [4.78, 5) is 23.7. The van der Waals surface area contributed by atoms with Crippen LogP contribution >= 0.6 is 12.6 Å². The number of carboxylic acid groups (broad SMARTS) is 1. The Hall–Kier alpha value is -0.710. The number of carbonyl (C=O) groups excluding carboxylic acids is 1. The summed E-state index contributed by atoms with van der Waals surface area (Å²) in [7, 11) is 0. The van der Waals surface area contributed by atoms with Gasteiger partial charge < -0.3 is 10.0 Å². The Balaban J connectivity index is 2.72. The predicted octanol–water partition coefficient (Wildman–Crippen LogP) is 0.770. The van der Waals surface area contributed by atoms with Crippen molar-refractivity contribution in [3.63, 3.8) is 0 Å². The number of likely N-dealkylation sites (tertiary alicyclic amines) is 1. The van der Waals surface area contributed by atoms with Gasteiger partial charge >= 0.3 is 5.97 Å². The normalized spacial score (nSPS) is 22.9. The molecule has 0 bridgehead atoms. The highest BCUT2D eigenvalue weighted by Crippen LogP contribution is 2.27. The second-order valence-electron chi connectivity index (χ2n) is 4.25. The number of hydrogen-bond donors (Lipinski definition) is 2. The minimum Gasteiger partial charge on any atom is -0.481 e. The molecule has 0 aromatic heterocycles. The van der Waals surface area contributed by atoms with E-state index in [9.17, 15) is 9.59 Å². The van der Waals surface area contributed by atoms with E-state index in [0.29, 0.717) is 13.0 Å². The Morgan fingerprint density at radius 1 is 1.71 bits per heavy atom. The molecule has 1 N–H and O–H groups in total. The van der Waals surface area contributed by atoms with Crippen molar-refractivity contribution in [3.8, 4) is 0 Å². The van der Waals surface area contributed by atoms with Gasteiger partial charge in [0.2, 0.25) is 5.91 Å². The molecular formula is C9H15NO3S. The van der Waals surface area contributed by atoms with E-state index < -0.39 is 11.5 Å². The van der Waals surface area contributed by atoms with Gasteiger partial charge in [-0.2, -0.15) is 12.6 Å². The van der Waals surface area contributed by atoms with Gasteiger partial charge in [-0.05, 0) is 13.8 Å². The predicted molar refractivity (Wildman–Crippen MR) is 55.4 cm³/mol. The third kappa shape index (κ3) is 2.41. The van der Waals surface area contributed by atoms with Crippen molar-refractivity contribution in [2.45, 2.75) is 37.5 Å². The molecule has 0 aliphatic carbocycles. The average Bonchev–Trinajstić information content (AvgIpc) is 2.27. The molecule has 0 spiro atoms. The lowest BCUT2D eigenvalue weighted by Crippen LogP contribution is -2.46. The standard InChI is InChI=1S/C9H15NO3S/c1-9(2,4-8(12)13)10-5-6(14)3-7(10)11/h6,14H,3-5H2,1-2H3,(H,12,13). The third-order valence-electron chi connectivity index (χ3n) is 2.42. The number of amides is 1. The van der Waals surface area contributed by atoms with Crippen LogP contribution in [0.2, 0.25) is 0 Å². The Morgan fingerprint density at radius 3 is 2.64 bits per heavy atom. The van der Waals surface area contributed by atoms with Gasteiger partial charge in [0.15, 0.2) is 0 Å². The first-order valence-corrected chi connectivity index (χ1v) is 5.05. The van der Waals surface area contributed by atoms with E-state index in [1.54, 1.807) is 18.7 Å². The quantitative estimate of drug-likeness (QED) is 0.686. The van der Waals surface area contributed by atoms with Gasteiger partial charge in [-0.1, -0.05) is 0 Å². The Morgan fingerprint density at radius 2 is 2.29 bits per heavy atom. The molecule has 80 valence electrons. The van der Waals surface area contributed by atoms with Crippen LogP contribution in [0.15, 0.2) is 0 Å². The average molecular weight is 217 g/mol. The molecule has 1 heterocycles. The van der Waals surface area contributed by atoms with E-state index in [-0.39, 0.29) is 17.6 Å². The summed E-state index contributed by atoms with van der Waals surface area (Å²) >= 11 is 4.22. The zero-order valence-electron chi connectivity index (χ0n) is 8.36. The Kier molecular flexibility index (Phi) is 3.09. The SMILES string of the molecule is CC(C)(CC(=O)O)N1CC(S)CC1=O. The van der Waals surface area contributed by atoms with Crippen LogP contribution in [0, 0.1) is 0 Å². The van der Waals surface area contributed by atoms with Crippen molar-refractivity contribution in [2.24, 2.45) is 0 Å². The molecule has 1 amide bonds. The van der Waals surface area contributed by atoms with E-state index in [1.807, 2.05) is 0 Å². The van der Waals surface area contributed by atoms with Crippen molar-refractivity contribution in [1.82, 2.24) is 4.90 Å². The molecule has 0 aromatic carbocycles. The molecule has 1 saturated heterocycles. The first-order chi connectivity index (χ1) is 6.33. The summed E-state index contributed by atoms with van der Waals surface area (Å²) in [6.07, 6.45) is 0.380. The maximum atomic E-state index is 11.5. The lowest BCUT2D eigenvalue weighted by molar-refractivity contribution is -0.142. The van der Waals surface area contributed by atoms with Gasteiger partial charge in [-0.3, -0.25) is 9.59 Å². The highest BCUT2D eigenvalue weighted by atomic mass is 32.1. The van der Waals surface area contributed by atoms with Gasteiger partial charge in [0, 0.05) is 23.8 Å². The summed E-state index contributed by atoms with van der Waals surface area (Å²) in [5.74, 6) is -0.887. The van der Waals surface area contributed by atoms with Crippen molar-refractivity contribution in [1.29, 1.82) is 0 Å². The Labute approximate surface area is 88.7 Å². The maximum absolute atomic E-state index is 11.5. The second kappa shape index (κ2) is 3.81. The van der Waals surface area contributed by atoms with Crippen LogP contribution in [0.1, 0.15) is 26.7 Å². The van der Waals surface area contributed by atoms with Crippen LogP contribution in [0.5, 0.6) is 0 Å². The van der Waals surface area contributed by atoms with Crippen molar-refractivity contribution in [3.05, 3.63) is 0 Å². The molecule has 1 rings (SSSR count). The van der Waals surface area contributed by atoms with Gasteiger partial charge in [-0.15, -0.1) is 0 Å². The molecular weight excluding hydrogens is 202 g/mol. The number of carboxylic acids is 1. The van der Waals surface area contributed by atoms with Crippen LogP contribution in [0.3, 0.4) is 0 Å². The number of aliphatic carboxylic acids is 1. The maximum Gasteiger partial charge on any atom is 0.305 e. The largest absolute Gasteiger partial charge is 0.481 e. The zero-order chi connectivity index (χ0) is 10.9.